The van der Waals surface area contributed by atoms with E-state index in [4.69, 9.17) is 4.98 Å². The van der Waals surface area contributed by atoms with Gasteiger partial charge in [-0.3, -0.25) is 4.79 Å². The van der Waals surface area contributed by atoms with Crippen molar-refractivity contribution < 1.29 is 4.79 Å². The first-order valence-electron chi connectivity index (χ1n) is 11.4. The van der Waals surface area contributed by atoms with E-state index < -0.39 is 0 Å². The molecule has 30 heavy (non-hydrogen) atoms. The van der Waals surface area contributed by atoms with Crippen LogP contribution in [0.4, 0.5) is 5.69 Å². The normalized spacial score (nSPS) is 19.2. The third kappa shape index (κ3) is 4.53. The zero-order chi connectivity index (χ0) is 21.1. The first-order valence-corrected chi connectivity index (χ1v) is 12.2. The van der Waals surface area contributed by atoms with Crippen LogP contribution in [0.15, 0.2) is 35.5 Å². The molecule has 6 heteroatoms. The molecule has 2 fully saturated rings. The van der Waals surface area contributed by atoms with Crippen LogP contribution in [-0.2, 0) is 4.79 Å². The average molecular weight is 427 g/mol. The molecule has 2 aromatic rings. The van der Waals surface area contributed by atoms with Crippen molar-refractivity contribution in [3.63, 3.8) is 0 Å². The number of anilines is 1. The van der Waals surface area contributed by atoms with Gasteiger partial charge in [0.2, 0.25) is 5.91 Å². The van der Waals surface area contributed by atoms with Crippen molar-refractivity contribution in [1.82, 2.24) is 14.5 Å². The lowest BCUT2D eigenvalue weighted by molar-refractivity contribution is -0.130. The molecule has 162 valence electrons. The first-order chi connectivity index (χ1) is 14.5. The highest BCUT2D eigenvalue weighted by atomic mass is 32.2. The van der Waals surface area contributed by atoms with E-state index in [2.05, 4.69) is 47.6 Å². The molecule has 0 spiro atoms. The van der Waals surface area contributed by atoms with Crippen LogP contribution in [0.3, 0.4) is 0 Å². The van der Waals surface area contributed by atoms with Crippen LogP contribution in [-0.4, -0.2) is 51.8 Å². The summed E-state index contributed by atoms with van der Waals surface area (Å²) >= 11 is 1.64. The second kappa shape index (κ2) is 9.46. The number of imidazole rings is 1. The van der Waals surface area contributed by atoms with Gasteiger partial charge in [0.25, 0.3) is 0 Å². The predicted molar refractivity (Wildman–Crippen MR) is 124 cm³/mol. The van der Waals surface area contributed by atoms with Crippen molar-refractivity contribution >= 4 is 23.4 Å². The molecule has 1 atom stereocenters. The van der Waals surface area contributed by atoms with Gasteiger partial charge in [0.1, 0.15) is 0 Å². The van der Waals surface area contributed by atoms with Crippen LogP contribution in [0.1, 0.15) is 56.5 Å². The van der Waals surface area contributed by atoms with Crippen LogP contribution in [0.2, 0.25) is 0 Å². The van der Waals surface area contributed by atoms with Crippen LogP contribution >= 0.6 is 11.8 Å². The molecule has 1 aromatic heterocycles. The first kappa shape index (κ1) is 21.3. The maximum atomic E-state index is 13.2. The summed E-state index contributed by atoms with van der Waals surface area (Å²) < 4.78 is 2.43. The number of hydrogen-bond donors (Lipinski definition) is 0. The molecule has 1 saturated carbocycles. The number of para-hydroxylation sites is 1. The van der Waals surface area contributed by atoms with Gasteiger partial charge < -0.3 is 14.4 Å². The van der Waals surface area contributed by atoms with E-state index in [1.807, 2.05) is 17.9 Å². The number of carbonyl (C=O) groups excluding carboxylic acids is 1. The minimum Gasteiger partial charge on any atom is -0.368 e. The van der Waals surface area contributed by atoms with Crippen molar-refractivity contribution in [2.24, 2.45) is 0 Å². The lowest BCUT2D eigenvalue weighted by Gasteiger charge is -2.37. The Morgan fingerprint density at radius 3 is 2.37 bits per heavy atom. The number of benzene rings is 1. The van der Waals surface area contributed by atoms with E-state index in [0.717, 1.165) is 37.0 Å². The van der Waals surface area contributed by atoms with Gasteiger partial charge in [-0.05, 0) is 45.7 Å². The quantitative estimate of drug-likeness (QED) is 0.642. The summed E-state index contributed by atoms with van der Waals surface area (Å²) in [5.41, 5.74) is 3.60. The Balaban J connectivity index is 1.39. The fourth-order valence-electron chi connectivity index (χ4n) is 4.74. The van der Waals surface area contributed by atoms with Crippen molar-refractivity contribution in [1.29, 1.82) is 0 Å². The van der Waals surface area contributed by atoms with E-state index in [1.54, 1.807) is 11.8 Å². The van der Waals surface area contributed by atoms with E-state index in [9.17, 15) is 4.79 Å². The van der Waals surface area contributed by atoms with E-state index in [-0.39, 0.29) is 11.2 Å². The van der Waals surface area contributed by atoms with E-state index in [0.29, 0.717) is 6.04 Å². The van der Waals surface area contributed by atoms with Gasteiger partial charge >= 0.3 is 0 Å². The fourth-order valence-corrected chi connectivity index (χ4v) is 5.89. The van der Waals surface area contributed by atoms with Crippen molar-refractivity contribution in [2.75, 3.05) is 31.1 Å². The number of piperazine rings is 1. The minimum atomic E-state index is -0.114. The number of hydrogen-bond acceptors (Lipinski definition) is 4. The highest BCUT2D eigenvalue weighted by Crippen LogP contribution is 2.35. The molecule has 2 aliphatic rings. The molecular weight excluding hydrogens is 392 g/mol. The molecule has 0 radical (unpaired) electrons. The minimum absolute atomic E-state index is 0.114. The van der Waals surface area contributed by atoms with E-state index >= 15 is 0 Å². The Labute approximate surface area is 184 Å². The van der Waals surface area contributed by atoms with Crippen molar-refractivity contribution in [3.05, 3.63) is 41.7 Å². The van der Waals surface area contributed by atoms with Gasteiger partial charge in [-0.2, -0.15) is 0 Å². The fraction of sp³-hybridized carbons (Fsp3) is 0.583. The van der Waals surface area contributed by atoms with Crippen molar-refractivity contribution in [2.45, 2.75) is 69.3 Å². The molecular formula is C24H34N4OS. The van der Waals surface area contributed by atoms with Gasteiger partial charge in [0, 0.05) is 43.6 Å². The zero-order valence-electron chi connectivity index (χ0n) is 18.5. The van der Waals surface area contributed by atoms with Gasteiger partial charge in [-0.25, -0.2) is 4.98 Å². The SMILES string of the molecule is Cc1nc(SC(C)C(=O)N2CCN(c3ccccc3)CC2)n(C2CCCCC2)c1C. The second-order valence-corrected chi connectivity index (χ2v) is 9.94. The highest BCUT2D eigenvalue weighted by molar-refractivity contribution is 8.00. The van der Waals surface area contributed by atoms with Gasteiger partial charge in [0.05, 0.1) is 10.9 Å². The molecule has 5 nitrogen and oxygen atoms in total. The number of amides is 1. The van der Waals surface area contributed by atoms with Crippen LogP contribution in [0, 0.1) is 13.8 Å². The number of aromatic nitrogens is 2. The Morgan fingerprint density at radius 2 is 1.70 bits per heavy atom. The Bertz CT molecular complexity index is 852. The monoisotopic (exact) mass is 426 g/mol. The smallest absolute Gasteiger partial charge is 0.236 e. The van der Waals surface area contributed by atoms with E-state index in [1.165, 1.54) is 43.5 Å². The lowest BCUT2D eigenvalue weighted by atomic mass is 9.95. The summed E-state index contributed by atoms with van der Waals surface area (Å²) in [7, 11) is 0. The Morgan fingerprint density at radius 1 is 1.03 bits per heavy atom. The van der Waals surface area contributed by atoms with Crippen LogP contribution in [0.25, 0.3) is 0 Å². The highest BCUT2D eigenvalue weighted by Gasteiger charge is 2.29. The third-order valence-corrected chi connectivity index (χ3v) is 7.69. The standard InChI is InChI=1S/C24H34N4OS/c1-18-19(2)28(22-12-8-5-9-13-22)24(25-18)30-20(3)23(29)27-16-14-26(15-17-27)21-10-6-4-7-11-21/h4,6-7,10-11,20,22H,5,8-9,12-17H2,1-3H3. The number of nitrogens with zero attached hydrogens (tertiary/aromatic N) is 4. The molecule has 1 aliphatic heterocycles. The zero-order valence-corrected chi connectivity index (χ0v) is 19.3. The maximum Gasteiger partial charge on any atom is 0.236 e. The number of aryl methyl sites for hydroxylation is 1. The number of carbonyl (C=O) groups is 1. The van der Waals surface area contributed by atoms with Gasteiger partial charge in [-0.15, -0.1) is 0 Å². The Kier molecular flexibility index (Phi) is 6.71. The second-order valence-electron chi connectivity index (χ2n) is 8.63. The van der Waals surface area contributed by atoms with Crippen molar-refractivity contribution in [3.8, 4) is 0 Å². The van der Waals surface area contributed by atoms with Crippen LogP contribution < -0.4 is 4.90 Å². The number of rotatable bonds is 5. The maximum absolute atomic E-state index is 13.2. The topological polar surface area (TPSA) is 41.4 Å². The average Bonchev–Trinajstić information content (AvgIpc) is 3.07. The predicted octanol–water partition coefficient (Wildman–Crippen LogP) is 4.83. The lowest BCUT2D eigenvalue weighted by Crippen LogP contribution is -2.50. The molecule has 0 N–H and O–H groups in total. The molecule has 1 aromatic carbocycles. The molecule has 1 amide bonds. The molecule has 4 rings (SSSR count). The number of thioether (sulfide) groups is 1. The van der Waals surface area contributed by atoms with Gasteiger partial charge in [0.15, 0.2) is 5.16 Å². The summed E-state index contributed by atoms with van der Waals surface area (Å²) in [4.78, 5) is 22.4. The molecule has 2 heterocycles. The summed E-state index contributed by atoms with van der Waals surface area (Å²) in [6.45, 7) is 9.66. The molecule has 0 bridgehead atoms. The Hall–Kier alpha value is -1.95. The largest absolute Gasteiger partial charge is 0.368 e. The summed E-state index contributed by atoms with van der Waals surface area (Å²) in [5, 5.41) is 0.914. The summed E-state index contributed by atoms with van der Waals surface area (Å²) in [6.07, 6.45) is 6.40. The van der Waals surface area contributed by atoms with Gasteiger partial charge in [-0.1, -0.05) is 49.2 Å². The summed E-state index contributed by atoms with van der Waals surface area (Å²) in [6, 6.07) is 11.0. The summed E-state index contributed by atoms with van der Waals surface area (Å²) in [5.74, 6) is 0.237. The molecule has 1 unspecified atom stereocenters. The molecule has 1 saturated heterocycles. The third-order valence-electron chi connectivity index (χ3n) is 6.64. The van der Waals surface area contributed by atoms with Crippen LogP contribution in [0.5, 0.6) is 0 Å². The molecule has 1 aliphatic carbocycles.